The fraction of sp³-hybridized carbons (Fsp3) is 0.308. The highest BCUT2D eigenvalue weighted by atomic mass is 79.9. The molecule has 0 aliphatic heterocycles. The van der Waals surface area contributed by atoms with Crippen molar-refractivity contribution in [3.63, 3.8) is 0 Å². The Morgan fingerprint density at radius 1 is 0.828 bits per heavy atom. The summed E-state index contributed by atoms with van der Waals surface area (Å²) in [6.45, 7) is 8.65. The standard InChI is InChI=1S/C22H21BrO2.2C2H6/c23-19-11-12-22(25-16-17-7-3-1-4-8-17)21(15-19)20(13-14-24)18-9-5-2-6-10-18;2*1-2/h1-12,15,20,24H,13-14,16H2;2*1-2H3. The van der Waals surface area contributed by atoms with Crippen LogP contribution in [0.4, 0.5) is 0 Å². The third kappa shape index (κ3) is 8.04. The van der Waals surface area contributed by atoms with Gasteiger partial charge in [-0.25, -0.2) is 0 Å². The maximum atomic E-state index is 9.57. The number of aliphatic hydroxyl groups excluding tert-OH is 1. The van der Waals surface area contributed by atoms with Crippen molar-refractivity contribution >= 4 is 15.9 Å². The van der Waals surface area contributed by atoms with E-state index in [0.717, 1.165) is 21.3 Å². The highest BCUT2D eigenvalue weighted by molar-refractivity contribution is 9.10. The van der Waals surface area contributed by atoms with Crippen LogP contribution in [0.15, 0.2) is 83.3 Å². The van der Waals surface area contributed by atoms with Crippen LogP contribution in [0.5, 0.6) is 5.75 Å². The lowest BCUT2D eigenvalue weighted by molar-refractivity contribution is 0.276. The summed E-state index contributed by atoms with van der Waals surface area (Å²) >= 11 is 3.57. The second kappa shape index (κ2) is 14.8. The fourth-order valence-electron chi connectivity index (χ4n) is 2.97. The maximum Gasteiger partial charge on any atom is 0.123 e. The molecule has 156 valence electrons. The molecule has 0 bridgehead atoms. The van der Waals surface area contributed by atoms with Crippen molar-refractivity contribution in [2.45, 2.75) is 46.6 Å². The summed E-state index contributed by atoms with van der Waals surface area (Å²) in [6.07, 6.45) is 0.655. The van der Waals surface area contributed by atoms with Gasteiger partial charge < -0.3 is 9.84 Å². The molecular formula is C26H33BrO2. The van der Waals surface area contributed by atoms with Gasteiger partial charge in [-0.1, -0.05) is 104 Å². The first-order valence-corrected chi connectivity index (χ1v) is 11.2. The first-order valence-electron chi connectivity index (χ1n) is 10.4. The Bertz CT molecular complexity index is 788. The largest absolute Gasteiger partial charge is 0.489 e. The van der Waals surface area contributed by atoms with E-state index in [-0.39, 0.29) is 12.5 Å². The number of halogens is 1. The lowest BCUT2D eigenvalue weighted by atomic mass is 9.88. The molecule has 0 fully saturated rings. The Kier molecular flexibility index (Phi) is 12.8. The predicted octanol–water partition coefficient (Wildman–Crippen LogP) is 7.59. The van der Waals surface area contributed by atoms with Crippen LogP contribution in [0.3, 0.4) is 0 Å². The van der Waals surface area contributed by atoms with Gasteiger partial charge in [0.05, 0.1) is 0 Å². The molecule has 0 aliphatic rings. The Labute approximate surface area is 184 Å². The Morgan fingerprint density at radius 2 is 1.41 bits per heavy atom. The van der Waals surface area contributed by atoms with Gasteiger partial charge in [0, 0.05) is 22.6 Å². The van der Waals surface area contributed by atoms with E-state index in [4.69, 9.17) is 4.74 Å². The summed E-state index contributed by atoms with van der Waals surface area (Å²) in [5, 5.41) is 9.57. The normalized spacial score (nSPS) is 10.7. The fourth-order valence-corrected chi connectivity index (χ4v) is 3.35. The summed E-state index contributed by atoms with van der Waals surface area (Å²) in [5.74, 6) is 0.948. The molecule has 0 radical (unpaired) electrons. The zero-order chi connectivity index (χ0) is 21.5. The summed E-state index contributed by atoms with van der Waals surface area (Å²) in [4.78, 5) is 0. The zero-order valence-corrected chi connectivity index (χ0v) is 19.5. The summed E-state index contributed by atoms with van der Waals surface area (Å²) in [5.41, 5.74) is 3.40. The summed E-state index contributed by atoms with van der Waals surface area (Å²) in [7, 11) is 0. The molecule has 0 saturated heterocycles. The Morgan fingerprint density at radius 3 is 2.00 bits per heavy atom. The van der Waals surface area contributed by atoms with Crippen LogP contribution in [-0.2, 0) is 6.61 Å². The van der Waals surface area contributed by atoms with Crippen LogP contribution in [0.1, 0.15) is 56.7 Å². The van der Waals surface area contributed by atoms with E-state index in [1.54, 1.807) is 0 Å². The van der Waals surface area contributed by atoms with Gasteiger partial charge in [0.15, 0.2) is 0 Å². The summed E-state index contributed by atoms with van der Waals surface area (Å²) < 4.78 is 7.13. The van der Waals surface area contributed by atoms with Crippen LogP contribution >= 0.6 is 15.9 Å². The number of hydrogen-bond donors (Lipinski definition) is 1. The topological polar surface area (TPSA) is 29.5 Å². The van der Waals surface area contributed by atoms with E-state index >= 15 is 0 Å². The summed E-state index contributed by atoms with van der Waals surface area (Å²) in [6, 6.07) is 26.5. The molecule has 0 aliphatic carbocycles. The second-order valence-corrected chi connectivity index (χ2v) is 6.85. The van der Waals surface area contributed by atoms with E-state index in [2.05, 4.69) is 46.3 Å². The molecular weight excluding hydrogens is 424 g/mol. The molecule has 3 aromatic carbocycles. The zero-order valence-electron chi connectivity index (χ0n) is 17.9. The number of aliphatic hydroxyl groups is 1. The third-order valence-electron chi connectivity index (χ3n) is 4.20. The first kappa shape index (κ1) is 24.9. The van der Waals surface area contributed by atoms with Crippen molar-refractivity contribution in [1.82, 2.24) is 0 Å². The molecule has 3 rings (SSSR count). The van der Waals surface area contributed by atoms with Crippen LogP contribution < -0.4 is 4.74 Å². The minimum absolute atomic E-state index is 0.0921. The number of rotatable bonds is 7. The SMILES string of the molecule is CC.CC.OCCC(c1ccccc1)c1cc(Br)ccc1OCc1ccccc1. The van der Waals surface area contributed by atoms with Crippen LogP contribution in [0.25, 0.3) is 0 Å². The monoisotopic (exact) mass is 456 g/mol. The van der Waals surface area contributed by atoms with Crippen molar-refractivity contribution < 1.29 is 9.84 Å². The molecule has 1 unspecified atom stereocenters. The van der Waals surface area contributed by atoms with Gasteiger partial charge in [-0.05, 0) is 35.7 Å². The van der Waals surface area contributed by atoms with Crippen molar-refractivity contribution in [1.29, 1.82) is 0 Å². The van der Waals surface area contributed by atoms with Gasteiger partial charge >= 0.3 is 0 Å². The third-order valence-corrected chi connectivity index (χ3v) is 4.70. The molecule has 0 spiro atoms. The van der Waals surface area contributed by atoms with Gasteiger partial charge in [0.2, 0.25) is 0 Å². The van der Waals surface area contributed by atoms with Crippen LogP contribution in [-0.4, -0.2) is 11.7 Å². The van der Waals surface area contributed by atoms with Gasteiger partial charge in [-0.3, -0.25) is 0 Å². The van der Waals surface area contributed by atoms with E-state index in [1.165, 1.54) is 5.56 Å². The minimum Gasteiger partial charge on any atom is -0.489 e. The Balaban J connectivity index is 0.000000989. The molecule has 0 aromatic heterocycles. The highest BCUT2D eigenvalue weighted by Gasteiger charge is 2.18. The van der Waals surface area contributed by atoms with Crippen molar-refractivity contribution in [3.8, 4) is 5.75 Å². The second-order valence-electron chi connectivity index (χ2n) is 5.93. The van der Waals surface area contributed by atoms with Crippen molar-refractivity contribution in [2.75, 3.05) is 6.61 Å². The van der Waals surface area contributed by atoms with E-state index in [1.807, 2.05) is 76.2 Å². The smallest absolute Gasteiger partial charge is 0.123 e. The van der Waals surface area contributed by atoms with E-state index in [0.29, 0.717) is 13.0 Å². The molecule has 3 aromatic rings. The van der Waals surface area contributed by atoms with Gasteiger partial charge in [0.25, 0.3) is 0 Å². The molecule has 1 N–H and O–H groups in total. The number of benzene rings is 3. The van der Waals surface area contributed by atoms with Crippen molar-refractivity contribution in [2.24, 2.45) is 0 Å². The van der Waals surface area contributed by atoms with Gasteiger partial charge in [0.1, 0.15) is 12.4 Å². The average Bonchev–Trinajstić information content (AvgIpc) is 2.80. The molecule has 0 heterocycles. The molecule has 0 amide bonds. The average molecular weight is 457 g/mol. The lowest BCUT2D eigenvalue weighted by Crippen LogP contribution is -2.07. The van der Waals surface area contributed by atoms with E-state index < -0.39 is 0 Å². The van der Waals surface area contributed by atoms with Gasteiger partial charge in [-0.2, -0.15) is 0 Å². The molecule has 1 atom stereocenters. The number of ether oxygens (including phenoxy) is 1. The lowest BCUT2D eigenvalue weighted by Gasteiger charge is -2.21. The molecule has 3 heteroatoms. The van der Waals surface area contributed by atoms with E-state index in [9.17, 15) is 5.11 Å². The quantitative estimate of drug-likeness (QED) is 0.396. The molecule has 29 heavy (non-hydrogen) atoms. The van der Waals surface area contributed by atoms with Gasteiger partial charge in [-0.15, -0.1) is 0 Å². The molecule has 2 nitrogen and oxygen atoms in total. The van der Waals surface area contributed by atoms with Crippen LogP contribution in [0.2, 0.25) is 0 Å². The Hall–Kier alpha value is -2.10. The molecule has 0 saturated carbocycles. The number of hydrogen-bond acceptors (Lipinski definition) is 2. The van der Waals surface area contributed by atoms with Crippen LogP contribution in [0, 0.1) is 0 Å². The highest BCUT2D eigenvalue weighted by Crippen LogP contribution is 2.36. The maximum absolute atomic E-state index is 9.57. The van der Waals surface area contributed by atoms with Crippen molar-refractivity contribution in [3.05, 3.63) is 100 Å². The minimum atomic E-state index is 0.0921. The predicted molar refractivity (Wildman–Crippen MR) is 128 cm³/mol. The first-order chi connectivity index (χ1) is 14.3.